The number of alkyl halides is 3. The molecule has 12 heteroatoms. The zero-order chi connectivity index (χ0) is 19.6. The molecule has 1 aliphatic rings. The van der Waals surface area contributed by atoms with Gasteiger partial charge in [0.15, 0.2) is 0 Å². The third-order valence-corrected chi connectivity index (χ3v) is 4.25. The molecule has 28 heavy (non-hydrogen) atoms. The van der Waals surface area contributed by atoms with Crippen LogP contribution in [0.2, 0.25) is 0 Å². The summed E-state index contributed by atoms with van der Waals surface area (Å²) in [7, 11) is 0. The Bertz CT molecular complexity index is 845. The van der Waals surface area contributed by atoms with E-state index in [0.717, 1.165) is 12.1 Å². The number of benzene rings is 1. The van der Waals surface area contributed by atoms with Crippen molar-refractivity contribution < 1.29 is 27.9 Å². The first-order valence-electron chi connectivity index (χ1n) is 8.05. The Morgan fingerprint density at radius 1 is 1.32 bits per heavy atom. The number of nitrogens with zero attached hydrogens (tertiary/aromatic N) is 4. The SMILES string of the molecule is Cl.O=C(CN1CCC(C(=O)O)C1)Nc1cc(C(F)(F)F)ccc1-n1cncn1. The Hall–Kier alpha value is -2.66. The summed E-state index contributed by atoms with van der Waals surface area (Å²) in [5.74, 6) is -2.01. The summed E-state index contributed by atoms with van der Waals surface area (Å²) in [5.41, 5.74) is -0.734. The van der Waals surface area contributed by atoms with Crippen LogP contribution >= 0.6 is 12.4 Å². The van der Waals surface area contributed by atoms with Crippen molar-refractivity contribution in [1.82, 2.24) is 19.7 Å². The van der Waals surface area contributed by atoms with Crippen molar-refractivity contribution in [2.45, 2.75) is 12.6 Å². The molecule has 0 radical (unpaired) electrons. The topological polar surface area (TPSA) is 100 Å². The second-order valence-electron chi connectivity index (χ2n) is 6.18. The van der Waals surface area contributed by atoms with E-state index >= 15 is 0 Å². The second-order valence-corrected chi connectivity index (χ2v) is 6.18. The van der Waals surface area contributed by atoms with Crippen LogP contribution < -0.4 is 5.32 Å². The van der Waals surface area contributed by atoms with Crippen molar-refractivity contribution in [3.63, 3.8) is 0 Å². The lowest BCUT2D eigenvalue weighted by atomic mass is 10.1. The summed E-state index contributed by atoms with van der Waals surface area (Å²) in [4.78, 5) is 28.7. The summed E-state index contributed by atoms with van der Waals surface area (Å²) < 4.78 is 40.3. The molecular formula is C16H17ClF3N5O3. The number of carbonyl (C=O) groups is 2. The molecule has 1 atom stereocenters. The molecule has 0 spiro atoms. The molecule has 1 aromatic carbocycles. The minimum absolute atomic E-state index is 0. The van der Waals surface area contributed by atoms with Crippen LogP contribution in [0, 0.1) is 5.92 Å². The van der Waals surface area contributed by atoms with Crippen LogP contribution in [-0.4, -0.2) is 56.3 Å². The fourth-order valence-electron chi connectivity index (χ4n) is 2.92. The second kappa shape index (κ2) is 8.57. The van der Waals surface area contributed by atoms with Crippen LogP contribution in [0.1, 0.15) is 12.0 Å². The van der Waals surface area contributed by atoms with Gasteiger partial charge in [0.25, 0.3) is 0 Å². The van der Waals surface area contributed by atoms with Crippen LogP contribution in [-0.2, 0) is 15.8 Å². The Morgan fingerprint density at radius 2 is 2.07 bits per heavy atom. The average molecular weight is 420 g/mol. The van der Waals surface area contributed by atoms with Gasteiger partial charge >= 0.3 is 12.1 Å². The molecule has 2 N–H and O–H groups in total. The van der Waals surface area contributed by atoms with Crippen LogP contribution in [0.15, 0.2) is 30.9 Å². The zero-order valence-electron chi connectivity index (χ0n) is 14.4. The number of carbonyl (C=O) groups excluding carboxylic acids is 1. The minimum Gasteiger partial charge on any atom is -0.481 e. The molecule has 2 aromatic rings. The van der Waals surface area contributed by atoms with E-state index in [4.69, 9.17) is 5.11 Å². The monoisotopic (exact) mass is 419 g/mol. The Labute approximate surface area is 163 Å². The van der Waals surface area contributed by atoms with Crippen molar-refractivity contribution in [3.05, 3.63) is 36.4 Å². The molecule has 1 unspecified atom stereocenters. The number of likely N-dealkylation sites (tertiary alicyclic amines) is 1. The van der Waals surface area contributed by atoms with E-state index in [0.29, 0.717) is 13.0 Å². The highest BCUT2D eigenvalue weighted by Gasteiger charge is 2.32. The number of halogens is 4. The number of hydrogen-bond acceptors (Lipinski definition) is 5. The van der Waals surface area contributed by atoms with E-state index < -0.39 is 29.5 Å². The van der Waals surface area contributed by atoms with Gasteiger partial charge in [-0.05, 0) is 31.2 Å². The summed E-state index contributed by atoms with van der Waals surface area (Å²) in [5, 5.41) is 15.3. The van der Waals surface area contributed by atoms with Gasteiger partial charge < -0.3 is 10.4 Å². The normalized spacial score (nSPS) is 17.2. The highest BCUT2D eigenvalue weighted by Crippen LogP contribution is 2.33. The lowest BCUT2D eigenvalue weighted by molar-refractivity contribution is -0.141. The maximum absolute atomic E-state index is 13.0. The van der Waals surface area contributed by atoms with Crippen molar-refractivity contribution in [3.8, 4) is 5.69 Å². The van der Waals surface area contributed by atoms with E-state index in [1.54, 1.807) is 4.90 Å². The van der Waals surface area contributed by atoms with Gasteiger partial charge in [-0.3, -0.25) is 14.5 Å². The third kappa shape index (κ3) is 4.98. The largest absolute Gasteiger partial charge is 0.481 e. The van der Waals surface area contributed by atoms with E-state index in [2.05, 4.69) is 15.4 Å². The summed E-state index contributed by atoms with van der Waals surface area (Å²) in [6.45, 7) is 0.543. The molecule has 1 fully saturated rings. The van der Waals surface area contributed by atoms with Crippen molar-refractivity contribution in [2.24, 2.45) is 5.92 Å². The van der Waals surface area contributed by atoms with Crippen LogP contribution in [0.4, 0.5) is 18.9 Å². The number of amides is 1. The van der Waals surface area contributed by atoms with Gasteiger partial charge in [-0.25, -0.2) is 9.67 Å². The number of rotatable bonds is 5. The number of carboxylic acid groups (broad SMARTS) is 1. The van der Waals surface area contributed by atoms with Crippen molar-refractivity contribution >= 4 is 30.0 Å². The lowest BCUT2D eigenvalue weighted by Gasteiger charge is -2.17. The number of hydrogen-bond donors (Lipinski definition) is 2. The van der Waals surface area contributed by atoms with E-state index in [1.807, 2.05) is 0 Å². The predicted molar refractivity (Wildman–Crippen MR) is 94.4 cm³/mol. The lowest BCUT2D eigenvalue weighted by Crippen LogP contribution is -2.32. The average Bonchev–Trinajstić information content (AvgIpc) is 3.25. The molecule has 1 amide bonds. The highest BCUT2D eigenvalue weighted by molar-refractivity contribution is 5.94. The Kier molecular flexibility index (Phi) is 6.62. The van der Waals surface area contributed by atoms with Crippen LogP contribution in [0.3, 0.4) is 0 Å². The number of nitrogens with one attached hydrogen (secondary N) is 1. The van der Waals surface area contributed by atoms with Crippen molar-refractivity contribution in [2.75, 3.05) is 25.0 Å². The number of carboxylic acids is 1. The van der Waals surface area contributed by atoms with E-state index in [-0.39, 0.29) is 36.9 Å². The summed E-state index contributed by atoms with van der Waals surface area (Å²) in [6, 6.07) is 2.92. The quantitative estimate of drug-likeness (QED) is 0.769. The Morgan fingerprint density at radius 3 is 2.64 bits per heavy atom. The van der Waals surface area contributed by atoms with Gasteiger partial charge in [-0.1, -0.05) is 0 Å². The summed E-state index contributed by atoms with van der Waals surface area (Å²) >= 11 is 0. The first kappa shape index (κ1) is 21.6. The molecule has 1 saturated heterocycles. The molecule has 3 rings (SSSR count). The first-order chi connectivity index (χ1) is 12.7. The van der Waals surface area contributed by atoms with Gasteiger partial charge in [0.2, 0.25) is 5.91 Å². The maximum Gasteiger partial charge on any atom is 0.416 e. The van der Waals surface area contributed by atoms with E-state index in [1.165, 1.54) is 23.4 Å². The van der Waals surface area contributed by atoms with Gasteiger partial charge in [-0.2, -0.15) is 18.3 Å². The van der Waals surface area contributed by atoms with Crippen LogP contribution in [0.5, 0.6) is 0 Å². The molecule has 1 aliphatic heterocycles. The predicted octanol–water partition coefficient (Wildman–Crippen LogP) is 2.05. The number of anilines is 1. The molecule has 8 nitrogen and oxygen atoms in total. The number of aromatic nitrogens is 3. The molecule has 0 bridgehead atoms. The zero-order valence-corrected chi connectivity index (χ0v) is 15.2. The minimum atomic E-state index is -4.57. The van der Waals surface area contributed by atoms with Gasteiger partial charge in [0.05, 0.1) is 29.4 Å². The summed E-state index contributed by atoms with van der Waals surface area (Å²) in [6.07, 6.45) is -1.61. The standard InChI is InChI=1S/C16H16F3N5O3.ClH/c17-16(18,19)11-1-2-13(24-9-20-8-21-24)12(5-11)22-14(25)7-23-4-3-10(6-23)15(26)27;/h1-2,5,8-10H,3-4,6-7H2,(H,22,25)(H,26,27);1H. The van der Waals surface area contributed by atoms with Gasteiger partial charge in [0, 0.05) is 6.54 Å². The number of aliphatic carboxylic acids is 1. The molecule has 2 heterocycles. The van der Waals surface area contributed by atoms with Gasteiger partial charge in [-0.15, -0.1) is 12.4 Å². The third-order valence-electron chi connectivity index (χ3n) is 4.25. The van der Waals surface area contributed by atoms with Crippen LogP contribution in [0.25, 0.3) is 5.69 Å². The van der Waals surface area contributed by atoms with E-state index in [9.17, 15) is 22.8 Å². The Balaban J connectivity index is 0.00000280. The molecule has 152 valence electrons. The fourth-order valence-corrected chi connectivity index (χ4v) is 2.92. The molecule has 1 aromatic heterocycles. The smallest absolute Gasteiger partial charge is 0.416 e. The van der Waals surface area contributed by atoms with Gasteiger partial charge in [0.1, 0.15) is 12.7 Å². The maximum atomic E-state index is 13.0. The molecule has 0 aliphatic carbocycles. The first-order valence-corrected chi connectivity index (χ1v) is 8.05. The molecule has 0 saturated carbocycles. The van der Waals surface area contributed by atoms with Crippen molar-refractivity contribution in [1.29, 1.82) is 0 Å². The molecular weight excluding hydrogens is 403 g/mol. The highest BCUT2D eigenvalue weighted by atomic mass is 35.5. The fraction of sp³-hybridized carbons (Fsp3) is 0.375.